The number of carbonyl (C=O) groups is 2. The van der Waals surface area contributed by atoms with Gasteiger partial charge in [0.1, 0.15) is 0 Å². The highest BCUT2D eigenvalue weighted by Gasteiger charge is 2.27. The molecule has 1 fully saturated rings. The van der Waals surface area contributed by atoms with Gasteiger partial charge in [0.2, 0.25) is 11.8 Å². The third kappa shape index (κ3) is 6.22. The van der Waals surface area contributed by atoms with Crippen LogP contribution in [0.25, 0.3) is 0 Å². The largest absolute Gasteiger partial charge is 0.369 e. The van der Waals surface area contributed by atoms with Crippen molar-refractivity contribution in [2.45, 2.75) is 40.1 Å². The average molecular weight is 437 g/mol. The molecule has 9 heteroatoms. The van der Waals surface area contributed by atoms with E-state index in [0.29, 0.717) is 10.3 Å². The molecule has 1 aliphatic heterocycles. The Hall–Kier alpha value is -1.58. The third-order valence-electron chi connectivity index (χ3n) is 4.64. The Balaban J connectivity index is 1.45. The molecule has 0 bridgehead atoms. The SMILES string of the molecule is CC(Sc1nnc(SCC(N)=O)s1)C(=O)N1CCC(Cc2ccccc2)CC1. The predicted octanol–water partition coefficient (Wildman–Crippen LogP) is 3.08. The molecule has 2 N–H and O–H groups in total. The smallest absolute Gasteiger partial charge is 0.235 e. The summed E-state index contributed by atoms with van der Waals surface area (Å²) in [5.74, 6) is 0.604. The van der Waals surface area contributed by atoms with Crippen LogP contribution in [-0.4, -0.2) is 51.0 Å². The van der Waals surface area contributed by atoms with Crippen molar-refractivity contribution in [2.75, 3.05) is 18.8 Å². The summed E-state index contributed by atoms with van der Waals surface area (Å²) in [6.07, 6.45) is 3.18. The molecule has 1 aromatic heterocycles. The van der Waals surface area contributed by atoms with E-state index < -0.39 is 0 Å². The molecule has 0 radical (unpaired) electrons. The van der Waals surface area contributed by atoms with Gasteiger partial charge in [-0.05, 0) is 37.7 Å². The Kier molecular flexibility index (Phi) is 7.75. The summed E-state index contributed by atoms with van der Waals surface area (Å²) < 4.78 is 1.44. The normalized spacial score (nSPS) is 16.1. The molecule has 2 amide bonds. The number of carbonyl (C=O) groups excluding carboxylic acids is 2. The highest BCUT2D eigenvalue weighted by Crippen LogP contribution is 2.32. The maximum absolute atomic E-state index is 12.8. The molecule has 1 saturated heterocycles. The van der Waals surface area contributed by atoms with Crippen LogP contribution < -0.4 is 5.73 Å². The van der Waals surface area contributed by atoms with Gasteiger partial charge in [0.25, 0.3) is 0 Å². The maximum Gasteiger partial charge on any atom is 0.235 e. The summed E-state index contributed by atoms with van der Waals surface area (Å²) in [5, 5.41) is 7.95. The van der Waals surface area contributed by atoms with Gasteiger partial charge in [-0.15, -0.1) is 10.2 Å². The molecule has 1 unspecified atom stereocenters. The number of amides is 2. The Bertz CT molecular complexity index is 791. The maximum atomic E-state index is 12.8. The van der Waals surface area contributed by atoms with Crippen LogP contribution >= 0.6 is 34.9 Å². The highest BCUT2D eigenvalue weighted by molar-refractivity contribution is 8.04. The van der Waals surface area contributed by atoms with Crippen LogP contribution in [0.4, 0.5) is 0 Å². The molecule has 1 aromatic carbocycles. The summed E-state index contributed by atoms with van der Waals surface area (Å²) >= 11 is 4.10. The number of aromatic nitrogens is 2. The van der Waals surface area contributed by atoms with Crippen molar-refractivity contribution in [3.8, 4) is 0 Å². The number of benzene rings is 1. The van der Waals surface area contributed by atoms with E-state index in [1.165, 1.54) is 40.4 Å². The Morgan fingerprint density at radius 2 is 1.89 bits per heavy atom. The summed E-state index contributed by atoms with van der Waals surface area (Å²) in [7, 11) is 0. The zero-order chi connectivity index (χ0) is 19.9. The van der Waals surface area contributed by atoms with Crippen LogP contribution in [0.2, 0.25) is 0 Å². The minimum Gasteiger partial charge on any atom is -0.369 e. The first kappa shape index (κ1) is 21.1. The number of hydrogen-bond donors (Lipinski definition) is 1. The van der Waals surface area contributed by atoms with Gasteiger partial charge >= 0.3 is 0 Å². The standard InChI is InChI=1S/C19H24N4O2S3/c1-13(27-19-22-21-18(28-19)26-12-16(20)24)17(25)23-9-7-15(8-10-23)11-14-5-3-2-4-6-14/h2-6,13,15H,7-12H2,1H3,(H2,20,24). The first-order valence-corrected chi connectivity index (χ1v) is 11.9. The highest BCUT2D eigenvalue weighted by atomic mass is 32.2. The van der Waals surface area contributed by atoms with Crippen LogP contribution in [0, 0.1) is 5.92 Å². The second-order valence-electron chi connectivity index (χ2n) is 6.81. The number of thioether (sulfide) groups is 2. The lowest BCUT2D eigenvalue weighted by molar-refractivity contribution is -0.131. The van der Waals surface area contributed by atoms with E-state index >= 15 is 0 Å². The zero-order valence-corrected chi connectivity index (χ0v) is 18.2. The number of nitrogens with two attached hydrogens (primary N) is 1. The molecular formula is C19H24N4O2S3. The van der Waals surface area contributed by atoms with E-state index in [4.69, 9.17) is 5.73 Å². The Labute approximate surface area is 177 Å². The van der Waals surface area contributed by atoms with Crippen molar-refractivity contribution in [3.05, 3.63) is 35.9 Å². The van der Waals surface area contributed by atoms with Gasteiger partial charge in [0.15, 0.2) is 8.68 Å². The number of primary amides is 1. The van der Waals surface area contributed by atoms with Crippen molar-refractivity contribution in [1.82, 2.24) is 15.1 Å². The molecular weight excluding hydrogens is 412 g/mol. The van der Waals surface area contributed by atoms with Crippen LogP contribution in [-0.2, 0) is 16.0 Å². The van der Waals surface area contributed by atoms with Crippen LogP contribution in [0.3, 0.4) is 0 Å². The first-order valence-electron chi connectivity index (χ1n) is 9.25. The fourth-order valence-electron chi connectivity index (χ4n) is 3.20. The van der Waals surface area contributed by atoms with Crippen molar-refractivity contribution in [1.29, 1.82) is 0 Å². The molecule has 2 heterocycles. The molecule has 2 aromatic rings. The molecule has 150 valence electrons. The summed E-state index contributed by atoms with van der Waals surface area (Å²) in [4.78, 5) is 25.6. The zero-order valence-electron chi connectivity index (χ0n) is 15.7. The summed E-state index contributed by atoms with van der Waals surface area (Å²) in [6.45, 7) is 3.55. The quantitative estimate of drug-likeness (QED) is 0.640. The lowest BCUT2D eigenvalue weighted by atomic mass is 9.90. The van der Waals surface area contributed by atoms with Crippen LogP contribution in [0.15, 0.2) is 39.0 Å². The van der Waals surface area contributed by atoms with E-state index in [1.807, 2.05) is 17.9 Å². The number of hydrogen-bond acceptors (Lipinski definition) is 7. The lowest BCUT2D eigenvalue weighted by Gasteiger charge is -2.33. The minimum atomic E-state index is -0.381. The van der Waals surface area contributed by atoms with Gasteiger partial charge in [0.05, 0.1) is 11.0 Å². The van der Waals surface area contributed by atoms with Gasteiger partial charge in [0, 0.05) is 13.1 Å². The molecule has 28 heavy (non-hydrogen) atoms. The van der Waals surface area contributed by atoms with Gasteiger partial charge in [-0.25, -0.2) is 0 Å². The van der Waals surface area contributed by atoms with Gasteiger partial charge in [-0.3, -0.25) is 9.59 Å². The van der Waals surface area contributed by atoms with E-state index in [2.05, 4.69) is 34.5 Å². The lowest BCUT2D eigenvalue weighted by Crippen LogP contribution is -2.42. The summed E-state index contributed by atoms with van der Waals surface area (Å²) in [5.41, 5.74) is 6.52. The molecule has 1 atom stereocenters. The molecule has 0 saturated carbocycles. The van der Waals surface area contributed by atoms with Crippen LogP contribution in [0.1, 0.15) is 25.3 Å². The molecule has 6 nitrogen and oxygen atoms in total. The fourth-order valence-corrected chi connectivity index (χ4v) is 6.19. The predicted molar refractivity (Wildman–Crippen MR) is 115 cm³/mol. The van der Waals surface area contributed by atoms with E-state index in [0.717, 1.165) is 36.7 Å². The molecule has 1 aliphatic rings. The van der Waals surface area contributed by atoms with Crippen molar-refractivity contribution in [2.24, 2.45) is 11.7 Å². The van der Waals surface area contributed by atoms with Gasteiger partial charge in [-0.2, -0.15) is 0 Å². The average Bonchev–Trinajstić information content (AvgIpc) is 3.14. The van der Waals surface area contributed by atoms with Crippen molar-refractivity contribution >= 4 is 46.7 Å². The van der Waals surface area contributed by atoms with E-state index in [-0.39, 0.29) is 22.8 Å². The van der Waals surface area contributed by atoms with E-state index in [1.54, 1.807) is 0 Å². The first-order chi connectivity index (χ1) is 13.5. The third-order valence-corrected chi connectivity index (χ3v) is 7.90. The molecule has 0 spiro atoms. The van der Waals surface area contributed by atoms with Gasteiger partial charge in [-0.1, -0.05) is 65.2 Å². The van der Waals surface area contributed by atoms with Gasteiger partial charge < -0.3 is 10.6 Å². The molecule has 3 rings (SSSR count). The van der Waals surface area contributed by atoms with Crippen molar-refractivity contribution in [3.63, 3.8) is 0 Å². The monoisotopic (exact) mass is 436 g/mol. The van der Waals surface area contributed by atoms with Crippen LogP contribution in [0.5, 0.6) is 0 Å². The number of rotatable bonds is 8. The second-order valence-corrected chi connectivity index (χ2v) is 10.6. The Morgan fingerprint density at radius 3 is 2.57 bits per heavy atom. The summed E-state index contributed by atoms with van der Waals surface area (Å²) in [6, 6.07) is 10.6. The molecule has 0 aliphatic carbocycles. The van der Waals surface area contributed by atoms with E-state index in [9.17, 15) is 9.59 Å². The Morgan fingerprint density at radius 1 is 1.21 bits per heavy atom. The number of likely N-dealkylation sites (tertiary alicyclic amines) is 1. The fraction of sp³-hybridized carbons (Fsp3) is 0.474. The van der Waals surface area contributed by atoms with Crippen molar-refractivity contribution < 1.29 is 9.59 Å². The number of nitrogens with zero attached hydrogens (tertiary/aromatic N) is 3. The number of piperidine rings is 1. The topological polar surface area (TPSA) is 89.2 Å². The second kappa shape index (κ2) is 10.3. The minimum absolute atomic E-state index is 0.157.